The van der Waals surface area contributed by atoms with Gasteiger partial charge >= 0.3 is 0 Å². The van der Waals surface area contributed by atoms with Gasteiger partial charge in [-0.05, 0) is 45.3 Å². The van der Waals surface area contributed by atoms with Gasteiger partial charge in [0.1, 0.15) is 0 Å². The lowest BCUT2D eigenvalue weighted by molar-refractivity contribution is 0.140. The molecule has 82 valence electrons. The molecule has 2 unspecified atom stereocenters. The topological polar surface area (TPSA) is 41.3 Å². The summed E-state index contributed by atoms with van der Waals surface area (Å²) in [5, 5.41) is 3.58. The smallest absolute Gasteiger partial charge is 0.0371 e. The van der Waals surface area contributed by atoms with Crippen LogP contribution < -0.4 is 11.1 Å². The highest BCUT2D eigenvalue weighted by Crippen LogP contribution is 2.18. The van der Waals surface area contributed by atoms with E-state index in [1.54, 1.807) is 0 Å². The Morgan fingerprint density at radius 2 is 2.00 bits per heavy atom. The van der Waals surface area contributed by atoms with Crippen LogP contribution >= 0.6 is 0 Å². The Kier molecular flexibility index (Phi) is 3.79. The average molecular weight is 197 g/mol. The zero-order valence-electron chi connectivity index (χ0n) is 9.04. The molecule has 0 spiro atoms. The number of rotatable bonds is 3. The molecule has 2 aliphatic heterocycles. The molecule has 0 aromatic carbocycles. The van der Waals surface area contributed by atoms with Crippen LogP contribution in [0.1, 0.15) is 32.1 Å². The van der Waals surface area contributed by atoms with Gasteiger partial charge in [0.2, 0.25) is 0 Å². The van der Waals surface area contributed by atoms with Crippen molar-refractivity contribution in [2.75, 3.05) is 26.2 Å². The molecule has 2 atom stereocenters. The highest BCUT2D eigenvalue weighted by molar-refractivity contribution is 4.89. The fraction of sp³-hybridized carbons (Fsp3) is 1.00. The van der Waals surface area contributed by atoms with Crippen molar-refractivity contribution in [3.05, 3.63) is 0 Å². The Labute approximate surface area is 87.0 Å². The standard InChI is InChI=1S/C11H23N3/c12-9-11(10-5-4-6-13-10)14-7-2-1-3-8-14/h10-11,13H,1-9,12H2. The summed E-state index contributed by atoms with van der Waals surface area (Å²) < 4.78 is 0. The molecule has 3 N–H and O–H groups in total. The van der Waals surface area contributed by atoms with Crippen LogP contribution in [0.25, 0.3) is 0 Å². The van der Waals surface area contributed by atoms with E-state index in [0.29, 0.717) is 12.1 Å². The summed E-state index contributed by atoms with van der Waals surface area (Å²) in [5.74, 6) is 0. The molecule has 2 rings (SSSR count). The molecular weight excluding hydrogens is 174 g/mol. The first-order valence-corrected chi connectivity index (χ1v) is 6.09. The van der Waals surface area contributed by atoms with Gasteiger partial charge in [0.05, 0.1) is 0 Å². The van der Waals surface area contributed by atoms with Crippen LogP contribution in [0, 0.1) is 0 Å². The second kappa shape index (κ2) is 5.10. The van der Waals surface area contributed by atoms with Gasteiger partial charge in [0.15, 0.2) is 0 Å². The summed E-state index contributed by atoms with van der Waals surface area (Å²) >= 11 is 0. The van der Waals surface area contributed by atoms with E-state index in [0.717, 1.165) is 6.54 Å². The number of likely N-dealkylation sites (tertiary alicyclic amines) is 1. The predicted molar refractivity (Wildman–Crippen MR) is 59.3 cm³/mol. The molecule has 0 aromatic rings. The van der Waals surface area contributed by atoms with Crippen LogP contribution in [0.4, 0.5) is 0 Å². The third kappa shape index (κ3) is 2.27. The van der Waals surface area contributed by atoms with Crippen molar-refractivity contribution in [2.24, 2.45) is 5.73 Å². The molecule has 0 saturated carbocycles. The van der Waals surface area contributed by atoms with E-state index in [9.17, 15) is 0 Å². The summed E-state index contributed by atoms with van der Waals surface area (Å²) in [6.07, 6.45) is 6.78. The van der Waals surface area contributed by atoms with Gasteiger partial charge in [-0.15, -0.1) is 0 Å². The molecule has 0 radical (unpaired) electrons. The summed E-state index contributed by atoms with van der Waals surface area (Å²) in [7, 11) is 0. The van der Waals surface area contributed by atoms with Gasteiger partial charge < -0.3 is 11.1 Å². The summed E-state index contributed by atoms with van der Waals surface area (Å²) in [6, 6.07) is 1.26. The zero-order valence-corrected chi connectivity index (χ0v) is 9.04. The molecule has 0 bridgehead atoms. The molecule has 2 fully saturated rings. The quantitative estimate of drug-likeness (QED) is 0.694. The van der Waals surface area contributed by atoms with Crippen molar-refractivity contribution >= 4 is 0 Å². The van der Waals surface area contributed by atoms with Crippen molar-refractivity contribution in [1.29, 1.82) is 0 Å². The average Bonchev–Trinajstić information content (AvgIpc) is 2.74. The third-order valence-corrected chi connectivity index (χ3v) is 3.66. The van der Waals surface area contributed by atoms with Crippen LogP contribution in [0.15, 0.2) is 0 Å². The van der Waals surface area contributed by atoms with Gasteiger partial charge in [-0.3, -0.25) is 4.90 Å². The van der Waals surface area contributed by atoms with Gasteiger partial charge in [-0.25, -0.2) is 0 Å². The first kappa shape index (κ1) is 10.4. The van der Waals surface area contributed by atoms with Crippen LogP contribution in [-0.2, 0) is 0 Å². The fourth-order valence-electron chi connectivity index (χ4n) is 2.86. The van der Waals surface area contributed by atoms with E-state index in [-0.39, 0.29) is 0 Å². The van der Waals surface area contributed by atoms with Crippen molar-refractivity contribution in [1.82, 2.24) is 10.2 Å². The second-order valence-electron chi connectivity index (χ2n) is 4.60. The Hall–Kier alpha value is -0.120. The van der Waals surface area contributed by atoms with Gasteiger partial charge in [0.25, 0.3) is 0 Å². The van der Waals surface area contributed by atoms with Crippen LogP contribution in [0.2, 0.25) is 0 Å². The summed E-state index contributed by atoms with van der Waals surface area (Å²) in [6.45, 7) is 4.53. The number of hydrogen-bond acceptors (Lipinski definition) is 3. The van der Waals surface area contributed by atoms with Gasteiger partial charge in [-0.1, -0.05) is 6.42 Å². The third-order valence-electron chi connectivity index (χ3n) is 3.66. The SMILES string of the molecule is NCC(C1CCCN1)N1CCCCC1. The van der Waals surface area contributed by atoms with Crippen molar-refractivity contribution in [2.45, 2.75) is 44.2 Å². The Bertz CT molecular complexity index is 160. The lowest BCUT2D eigenvalue weighted by Gasteiger charge is -2.37. The summed E-state index contributed by atoms with van der Waals surface area (Å²) in [5.41, 5.74) is 5.90. The monoisotopic (exact) mass is 197 g/mol. The molecule has 0 aromatic heterocycles. The fourth-order valence-corrected chi connectivity index (χ4v) is 2.86. The lowest BCUT2D eigenvalue weighted by Crippen LogP contribution is -2.53. The van der Waals surface area contributed by atoms with E-state index in [2.05, 4.69) is 10.2 Å². The zero-order chi connectivity index (χ0) is 9.80. The molecule has 14 heavy (non-hydrogen) atoms. The molecule has 2 heterocycles. The van der Waals surface area contributed by atoms with Crippen molar-refractivity contribution < 1.29 is 0 Å². The van der Waals surface area contributed by atoms with Crippen molar-refractivity contribution in [3.63, 3.8) is 0 Å². The summed E-state index contributed by atoms with van der Waals surface area (Å²) in [4.78, 5) is 2.60. The largest absolute Gasteiger partial charge is 0.329 e. The number of nitrogens with one attached hydrogen (secondary N) is 1. The molecule has 0 aliphatic carbocycles. The maximum Gasteiger partial charge on any atom is 0.0371 e. The lowest BCUT2D eigenvalue weighted by atomic mass is 10.0. The van der Waals surface area contributed by atoms with Crippen LogP contribution in [0.5, 0.6) is 0 Å². The Balaban J connectivity index is 1.89. The molecule has 2 aliphatic rings. The van der Waals surface area contributed by atoms with E-state index >= 15 is 0 Å². The van der Waals surface area contributed by atoms with Gasteiger partial charge in [-0.2, -0.15) is 0 Å². The number of piperidine rings is 1. The first-order chi connectivity index (χ1) is 6.92. The van der Waals surface area contributed by atoms with Crippen molar-refractivity contribution in [3.8, 4) is 0 Å². The van der Waals surface area contributed by atoms with E-state index < -0.39 is 0 Å². The molecule has 3 nitrogen and oxygen atoms in total. The van der Waals surface area contributed by atoms with Gasteiger partial charge in [0, 0.05) is 18.6 Å². The predicted octanol–water partition coefficient (Wildman–Crippen LogP) is 0.552. The van der Waals surface area contributed by atoms with E-state index in [1.807, 2.05) is 0 Å². The van der Waals surface area contributed by atoms with Crippen LogP contribution in [-0.4, -0.2) is 43.2 Å². The van der Waals surface area contributed by atoms with Crippen LogP contribution in [0.3, 0.4) is 0 Å². The molecular formula is C11H23N3. The molecule has 3 heteroatoms. The highest BCUT2D eigenvalue weighted by Gasteiger charge is 2.28. The normalized spacial score (nSPS) is 31.9. The highest BCUT2D eigenvalue weighted by atomic mass is 15.2. The first-order valence-electron chi connectivity index (χ1n) is 6.09. The Morgan fingerprint density at radius 1 is 1.21 bits per heavy atom. The van der Waals surface area contributed by atoms with E-state index in [1.165, 1.54) is 51.7 Å². The molecule has 0 amide bonds. The minimum absolute atomic E-state index is 0.595. The minimum atomic E-state index is 0.595. The Morgan fingerprint density at radius 3 is 2.57 bits per heavy atom. The number of hydrogen-bond donors (Lipinski definition) is 2. The van der Waals surface area contributed by atoms with E-state index in [4.69, 9.17) is 5.73 Å². The second-order valence-corrected chi connectivity index (χ2v) is 4.60. The number of nitrogens with two attached hydrogens (primary N) is 1. The number of nitrogens with zero attached hydrogens (tertiary/aromatic N) is 1. The minimum Gasteiger partial charge on any atom is -0.329 e. The maximum atomic E-state index is 5.90. The maximum absolute atomic E-state index is 5.90. The molecule has 2 saturated heterocycles.